The van der Waals surface area contributed by atoms with E-state index >= 15 is 0 Å². The van der Waals surface area contributed by atoms with Crippen LogP contribution in [0.15, 0.2) is 48.5 Å². The van der Waals surface area contributed by atoms with Gasteiger partial charge in [0.1, 0.15) is 23.7 Å². The van der Waals surface area contributed by atoms with E-state index in [1.54, 1.807) is 6.92 Å². The number of methoxy groups -OCH3 is 3. The number of H-pyrrole nitrogens is 2. The maximum absolute atomic E-state index is 14.2. The molecule has 9 rings (SSSR count). The molecule has 2 saturated heterocycles. The number of amides is 4. The zero-order valence-electron chi connectivity index (χ0n) is 35.5. The molecule has 4 aliphatic rings. The molecule has 0 spiro atoms. The number of imidazole rings is 2. The van der Waals surface area contributed by atoms with E-state index in [0.717, 1.165) is 106 Å². The third-order valence-electron chi connectivity index (χ3n) is 13.6. The molecule has 15 nitrogen and oxygen atoms in total. The standard InChI is InChI=1S/C46H54N8O7.CH4/c1-23(2)36(51-45(57)60-5)43(55)53-19-7-8-35(53)41-47-33-17-12-27-20-25(10-15-31(27)38(33)49-41)26-11-16-32-28(21-26)13-18-34-39(32)50-42(48-34)40-29-9-14-30(22-29)54(40)44(56)37(24(3)59-4)52-46(58)61-6;/h10-12,15-17,20-21,23-24,29-30,35-37,40H,7-9,13-14,18-19,22H2,1-6H3,(H,47,49)(H,48,50)(H,51,57)(H,52,58);1H4/t24-,29+,30-,35+,36+,37+,40+;/m1./s1. The molecule has 5 aromatic rings. The highest BCUT2D eigenvalue weighted by Gasteiger charge is 2.52. The summed E-state index contributed by atoms with van der Waals surface area (Å²) in [6, 6.07) is 15.3. The fraction of sp³-hybridized carbons (Fsp3) is 0.489. The monoisotopic (exact) mass is 846 g/mol. The number of benzene rings is 3. The van der Waals surface area contributed by atoms with Gasteiger partial charge >= 0.3 is 12.2 Å². The van der Waals surface area contributed by atoms with Gasteiger partial charge in [0.05, 0.1) is 49.1 Å². The molecule has 2 aliphatic heterocycles. The number of ether oxygens (including phenoxy) is 3. The lowest BCUT2D eigenvalue weighted by atomic mass is 9.89. The minimum absolute atomic E-state index is 0. The summed E-state index contributed by atoms with van der Waals surface area (Å²) in [7, 11) is 4.12. The Morgan fingerprint density at radius 1 is 0.806 bits per heavy atom. The molecule has 2 aromatic heterocycles. The van der Waals surface area contributed by atoms with Gasteiger partial charge in [-0.2, -0.15) is 0 Å². The molecule has 4 amide bonds. The van der Waals surface area contributed by atoms with Crippen molar-refractivity contribution >= 4 is 45.8 Å². The van der Waals surface area contributed by atoms with Crippen molar-refractivity contribution < 1.29 is 33.4 Å². The van der Waals surface area contributed by atoms with Gasteiger partial charge in [-0.25, -0.2) is 19.6 Å². The van der Waals surface area contributed by atoms with Crippen molar-refractivity contribution in [2.24, 2.45) is 11.8 Å². The number of piperidine rings is 1. The molecule has 2 bridgehead atoms. The number of nitrogens with zero attached hydrogens (tertiary/aromatic N) is 4. The number of aryl methyl sites for hydroxylation is 2. The van der Waals surface area contributed by atoms with Crippen LogP contribution in [0.5, 0.6) is 0 Å². The van der Waals surface area contributed by atoms with Crippen LogP contribution in [0.3, 0.4) is 0 Å². The summed E-state index contributed by atoms with van der Waals surface area (Å²) in [5.41, 5.74) is 8.32. The smallest absolute Gasteiger partial charge is 0.407 e. The van der Waals surface area contributed by atoms with Gasteiger partial charge in [-0.15, -0.1) is 0 Å². The summed E-state index contributed by atoms with van der Waals surface area (Å²) in [4.78, 5) is 73.5. The number of aromatic nitrogens is 4. The fourth-order valence-electron chi connectivity index (χ4n) is 10.3. The van der Waals surface area contributed by atoms with E-state index in [-0.39, 0.29) is 49.2 Å². The fourth-order valence-corrected chi connectivity index (χ4v) is 10.3. The average molecular weight is 847 g/mol. The van der Waals surface area contributed by atoms with Crippen molar-refractivity contribution in [3.63, 3.8) is 0 Å². The van der Waals surface area contributed by atoms with E-state index in [9.17, 15) is 19.2 Å². The summed E-state index contributed by atoms with van der Waals surface area (Å²) in [6.07, 6.45) is 4.30. The van der Waals surface area contributed by atoms with Crippen molar-refractivity contribution in [1.29, 1.82) is 0 Å². The van der Waals surface area contributed by atoms with Gasteiger partial charge in [-0.05, 0) is 97.9 Å². The molecule has 15 heteroatoms. The first-order valence-electron chi connectivity index (χ1n) is 21.5. The molecule has 3 fully saturated rings. The minimum atomic E-state index is -0.886. The summed E-state index contributed by atoms with van der Waals surface area (Å²) in [5.74, 6) is 1.40. The summed E-state index contributed by atoms with van der Waals surface area (Å²) in [6.45, 7) is 6.19. The van der Waals surface area contributed by atoms with Crippen LogP contribution in [-0.2, 0) is 36.6 Å². The van der Waals surface area contributed by atoms with Crippen LogP contribution in [0.4, 0.5) is 9.59 Å². The molecule has 328 valence electrons. The Morgan fingerprint density at radius 3 is 2.29 bits per heavy atom. The van der Waals surface area contributed by atoms with Gasteiger partial charge in [0.25, 0.3) is 0 Å². The first kappa shape index (κ1) is 42.7. The lowest BCUT2D eigenvalue weighted by molar-refractivity contribution is -0.141. The van der Waals surface area contributed by atoms with Crippen LogP contribution in [0.1, 0.15) is 95.3 Å². The Morgan fingerprint density at radius 2 is 1.55 bits per heavy atom. The Labute approximate surface area is 361 Å². The van der Waals surface area contributed by atoms with Crippen molar-refractivity contribution in [3.8, 4) is 22.4 Å². The highest BCUT2D eigenvalue weighted by Crippen LogP contribution is 2.51. The second kappa shape index (κ2) is 17.1. The second-order valence-electron chi connectivity index (χ2n) is 17.4. The molecule has 62 heavy (non-hydrogen) atoms. The molecular formula is C47H58N8O7. The zero-order valence-corrected chi connectivity index (χ0v) is 35.5. The Hall–Kier alpha value is -5.96. The summed E-state index contributed by atoms with van der Waals surface area (Å²) in [5, 5.41) is 7.53. The number of aromatic amines is 2. The van der Waals surface area contributed by atoms with Crippen LogP contribution in [0.2, 0.25) is 0 Å². The summed E-state index contributed by atoms with van der Waals surface area (Å²) < 4.78 is 15.2. The number of carbonyl (C=O) groups is 4. The molecular weight excluding hydrogens is 789 g/mol. The largest absolute Gasteiger partial charge is 0.453 e. The van der Waals surface area contributed by atoms with Gasteiger partial charge in [0.15, 0.2) is 0 Å². The number of rotatable bonds is 10. The molecule has 7 atom stereocenters. The van der Waals surface area contributed by atoms with Gasteiger partial charge in [0, 0.05) is 36.3 Å². The topological polar surface area (TPSA) is 184 Å². The van der Waals surface area contributed by atoms with E-state index in [2.05, 4.69) is 69.1 Å². The van der Waals surface area contributed by atoms with E-state index in [4.69, 9.17) is 24.2 Å². The molecule has 4 heterocycles. The number of alkyl carbamates (subject to hydrolysis) is 2. The first-order chi connectivity index (χ1) is 29.5. The third-order valence-corrected chi connectivity index (χ3v) is 13.6. The Bertz CT molecular complexity index is 2530. The third kappa shape index (κ3) is 7.43. The first-order valence-corrected chi connectivity index (χ1v) is 21.5. The maximum atomic E-state index is 14.2. The van der Waals surface area contributed by atoms with E-state index < -0.39 is 30.4 Å². The van der Waals surface area contributed by atoms with Gasteiger partial charge in [0.2, 0.25) is 11.8 Å². The normalized spacial score (nSPS) is 21.6. The molecule has 1 saturated carbocycles. The lowest BCUT2D eigenvalue weighted by Gasteiger charge is -2.37. The van der Waals surface area contributed by atoms with Crippen molar-refractivity contribution in [3.05, 3.63) is 71.4 Å². The lowest BCUT2D eigenvalue weighted by Crippen LogP contribution is -2.56. The number of likely N-dealkylation sites (tertiary alicyclic amines) is 2. The van der Waals surface area contributed by atoms with Gasteiger partial charge in [-0.1, -0.05) is 57.7 Å². The van der Waals surface area contributed by atoms with Gasteiger partial charge < -0.3 is 44.6 Å². The number of nitrogens with one attached hydrogen (secondary N) is 4. The maximum Gasteiger partial charge on any atom is 0.407 e. The van der Waals surface area contributed by atoms with Crippen LogP contribution in [0.25, 0.3) is 44.2 Å². The van der Waals surface area contributed by atoms with E-state index in [1.807, 2.05) is 23.6 Å². The molecule has 0 unspecified atom stereocenters. The molecule has 2 aliphatic carbocycles. The SMILES string of the molecule is C.COC(=O)N[C@H](C(=O)N1CCC[C@H]1c1nc2c(ccc3cc(-c4ccc5c(c4)CCc4[nH]c([C@@H]6[C@H]7CC[C@H](C7)N6C(=O)[C@@H](NC(=O)OC)[C@@H](C)OC)nc4-5)ccc32)[nH]1)C(C)C. The molecule has 0 radical (unpaired) electrons. The van der Waals surface area contributed by atoms with Crippen molar-refractivity contribution in [2.45, 2.75) is 109 Å². The van der Waals surface area contributed by atoms with Crippen LogP contribution >= 0.6 is 0 Å². The Kier molecular flexibility index (Phi) is 11.8. The number of fused-ring (bicyclic) bond motifs is 8. The van der Waals surface area contributed by atoms with E-state index in [0.29, 0.717) is 6.54 Å². The van der Waals surface area contributed by atoms with E-state index in [1.165, 1.54) is 26.9 Å². The predicted molar refractivity (Wildman–Crippen MR) is 235 cm³/mol. The highest BCUT2D eigenvalue weighted by atomic mass is 16.5. The van der Waals surface area contributed by atoms with Crippen molar-refractivity contribution in [2.75, 3.05) is 27.9 Å². The molecule has 4 N–H and O–H groups in total. The number of hydrogen-bond donors (Lipinski definition) is 4. The predicted octanol–water partition coefficient (Wildman–Crippen LogP) is 7.36. The van der Waals surface area contributed by atoms with Crippen molar-refractivity contribution in [1.82, 2.24) is 40.4 Å². The Balaban J connectivity index is 0.00000529. The summed E-state index contributed by atoms with van der Waals surface area (Å²) >= 11 is 0. The van der Waals surface area contributed by atoms with Crippen LogP contribution in [0, 0.1) is 11.8 Å². The minimum Gasteiger partial charge on any atom is -0.453 e. The number of hydrogen-bond acceptors (Lipinski definition) is 9. The van der Waals surface area contributed by atoms with Crippen LogP contribution in [-0.4, -0.2) is 106 Å². The van der Waals surface area contributed by atoms with Crippen LogP contribution < -0.4 is 10.6 Å². The average Bonchev–Trinajstić information content (AvgIpc) is 4.13. The quantitative estimate of drug-likeness (QED) is 0.112. The van der Waals surface area contributed by atoms with Gasteiger partial charge in [-0.3, -0.25) is 9.59 Å². The molecule has 3 aromatic carbocycles. The highest BCUT2D eigenvalue weighted by molar-refractivity contribution is 6.05. The number of carbonyl (C=O) groups excluding carboxylic acids is 4. The zero-order chi connectivity index (χ0) is 42.7. The second-order valence-corrected chi connectivity index (χ2v) is 17.4.